The Morgan fingerprint density at radius 1 is 1.22 bits per heavy atom. The van der Waals surface area contributed by atoms with Gasteiger partial charge in [-0.2, -0.15) is 4.98 Å². The van der Waals surface area contributed by atoms with Crippen molar-refractivity contribution in [2.75, 3.05) is 31.1 Å². The van der Waals surface area contributed by atoms with Crippen LogP contribution in [-0.4, -0.2) is 59.3 Å². The van der Waals surface area contributed by atoms with Crippen LogP contribution in [-0.2, 0) is 10.0 Å². The summed E-state index contributed by atoms with van der Waals surface area (Å²) in [7, 11) is -3.22. The Labute approximate surface area is 134 Å². The van der Waals surface area contributed by atoms with Gasteiger partial charge in [0.2, 0.25) is 10.0 Å². The maximum Gasteiger partial charge on any atom is 0.263 e. The number of nitrogens with zero attached hydrogens (tertiary/aromatic N) is 5. The van der Waals surface area contributed by atoms with Crippen LogP contribution in [0.1, 0.15) is 25.0 Å². The number of sulfonamides is 1. The number of fused-ring (bicyclic) bond motifs is 1. The average molecular weight is 337 g/mol. The van der Waals surface area contributed by atoms with Crippen molar-refractivity contribution in [3.63, 3.8) is 0 Å². The molecule has 4 rings (SSSR count). The van der Waals surface area contributed by atoms with Crippen molar-refractivity contribution in [2.24, 2.45) is 0 Å². The maximum absolute atomic E-state index is 12.7. The third-order valence-electron chi connectivity index (χ3n) is 4.71. The second-order valence-corrected chi connectivity index (χ2v) is 8.37. The molecule has 0 N–H and O–H groups in total. The van der Waals surface area contributed by atoms with Gasteiger partial charge in [-0.25, -0.2) is 17.7 Å². The molecule has 2 aliphatic rings. The van der Waals surface area contributed by atoms with E-state index in [9.17, 15) is 8.42 Å². The minimum Gasteiger partial charge on any atom is -0.354 e. The molecule has 0 radical (unpaired) electrons. The molecular formula is C14H19N5O3S. The molecule has 2 aliphatic heterocycles. The summed E-state index contributed by atoms with van der Waals surface area (Å²) in [6.45, 7) is 4.26. The standard InChI is InChI=1S/C14H19N5O3S/c1-10-12-13(15-9-16-14(12)22-17-10)18-7-4-11(8-18)23(20,21)19-5-2-3-6-19/h9,11H,2-8H2,1H3. The van der Waals surface area contributed by atoms with Gasteiger partial charge in [0.25, 0.3) is 5.71 Å². The van der Waals surface area contributed by atoms with Gasteiger partial charge < -0.3 is 9.42 Å². The Bertz CT molecular complexity index is 828. The van der Waals surface area contributed by atoms with Gasteiger partial charge >= 0.3 is 0 Å². The first-order valence-corrected chi connectivity index (χ1v) is 9.38. The van der Waals surface area contributed by atoms with Gasteiger partial charge in [0.15, 0.2) is 0 Å². The van der Waals surface area contributed by atoms with E-state index in [0.29, 0.717) is 44.1 Å². The normalized spacial score (nSPS) is 23.2. The van der Waals surface area contributed by atoms with Crippen molar-refractivity contribution < 1.29 is 12.9 Å². The lowest BCUT2D eigenvalue weighted by Gasteiger charge is -2.21. The molecule has 2 aromatic rings. The van der Waals surface area contributed by atoms with Crippen molar-refractivity contribution in [3.8, 4) is 0 Å². The SMILES string of the molecule is Cc1noc2ncnc(N3CCC(S(=O)(=O)N4CCCC4)C3)c12. The zero-order valence-corrected chi connectivity index (χ0v) is 13.8. The van der Waals surface area contributed by atoms with E-state index < -0.39 is 10.0 Å². The van der Waals surface area contributed by atoms with Crippen LogP contribution in [0.25, 0.3) is 11.1 Å². The Kier molecular flexibility index (Phi) is 3.49. The van der Waals surface area contributed by atoms with Crippen LogP contribution in [0.5, 0.6) is 0 Å². The predicted molar refractivity (Wildman–Crippen MR) is 84.7 cm³/mol. The number of hydrogen-bond acceptors (Lipinski definition) is 7. The fourth-order valence-electron chi connectivity index (χ4n) is 3.46. The maximum atomic E-state index is 12.7. The van der Waals surface area contributed by atoms with E-state index in [4.69, 9.17) is 4.52 Å². The molecule has 0 aromatic carbocycles. The van der Waals surface area contributed by atoms with Gasteiger partial charge in [0, 0.05) is 26.2 Å². The van der Waals surface area contributed by atoms with E-state index in [1.54, 1.807) is 4.31 Å². The van der Waals surface area contributed by atoms with Crippen molar-refractivity contribution in [1.82, 2.24) is 19.4 Å². The smallest absolute Gasteiger partial charge is 0.263 e. The van der Waals surface area contributed by atoms with Gasteiger partial charge in [-0.15, -0.1) is 0 Å². The molecule has 2 aromatic heterocycles. The van der Waals surface area contributed by atoms with Crippen LogP contribution in [0.2, 0.25) is 0 Å². The predicted octanol–water partition coefficient (Wildman–Crippen LogP) is 0.931. The zero-order valence-electron chi connectivity index (χ0n) is 13.0. The van der Waals surface area contributed by atoms with Gasteiger partial charge in [-0.05, 0) is 26.2 Å². The van der Waals surface area contributed by atoms with E-state index in [1.807, 2.05) is 11.8 Å². The van der Waals surface area contributed by atoms with Crippen molar-refractivity contribution in [3.05, 3.63) is 12.0 Å². The lowest BCUT2D eigenvalue weighted by Crippen LogP contribution is -2.38. The molecule has 9 heteroatoms. The molecular weight excluding hydrogens is 318 g/mol. The van der Waals surface area contributed by atoms with Crippen LogP contribution in [0.4, 0.5) is 5.82 Å². The average Bonchev–Trinajstić information content (AvgIpc) is 3.28. The Morgan fingerprint density at radius 2 is 2.00 bits per heavy atom. The molecule has 124 valence electrons. The van der Waals surface area contributed by atoms with Gasteiger partial charge in [0.05, 0.1) is 10.9 Å². The largest absolute Gasteiger partial charge is 0.354 e. The summed E-state index contributed by atoms with van der Waals surface area (Å²) in [5.41, 5.74) is 1.17. The first-order chi connectivity index (χ1) is 11.1. The quantitative estimate of drug-likeness (QED) is 0.822. The lowest BCUT2D eigenvalue weighted by atomic mass is 10.3. The molecule has 1 atom stereocenters. The summed E-state index contributed by atoms with van der Waals surface area (Å²) in [6.07, 6.45) is 3.98. The fraction of sp³-hybridized carbons (Fsp3) is 0.643. The molecule has 1 unspecified atom stereocenters. The van der Waals surface area contributed by atoms with Crippen LogP contribution in [0.3, 0.4) is 0 Å². The van der Waals surface area contributed by atoms with Gasteiger partial charge in [-0.3, -0.25) is 0 Å². The second-order valence-electron chi connectivity index (χ2n) is 6.15. The first-order valence-electron chi connectivity index (χ1n) is 7.88. The van der Waals surface area contributed by atoms with Crippen molar-refractivity contribution >= 4 is 26.9 Å². The van der Waals surface area contributed by atoms with Crippen molar-refractivity contribution in [2.45, 2.75) is 31.4 Å². The third-order valence-corrected chi connectivity index (χ3v) is 7.03. The number of aromatic nitrogens is 3. The number of rotatable bonds is 3. The van der Waals surface area contributed by atoms with E-state index in [-0.39, 0.29) is 5.25 Å². The monoisotopic (exact) mass is 337 g/mol. The summed E-state index contributed by atoms with van der Waals surface area (Å²) in [6, 6.07) is 0. The van der Waals surface area contributed by atoms with Crippen molar-refractivity contribution in [1.29, 1.82) is 0 Å². The van der Waals surface area contributed by atoms with Crippen LogP contribution in [0, 0.1) is 6.92 Å². The molecule has 0 aliphatic carbocycles. The zero-order chi connectivity index (χ0) is 16.0. The number of hydrogen-bond donors (Lipinski definition) is 0. The second kappa shape index (κ2) is 5.41. The molecule has 2 fully saturated rings. The van der Waals surface area contributed by atoms with Crippen LogP contribution >= 0.6 is 0 Å². The molecule has 0 spiro atoms. The minimum atomic E-state index is -3.22. The number of aryl methyl sites for hydroxylation is 1. The number of anilines is 1. The Balaban J connectivity index is 1.62. The van der Waals surface area contributed by atoms with E-state index in [0.717, 1.165) is 23.9 Å². The third kappa shape index (κ3) is 2.38. The van der Waals surface area contributed by atoms with Gasteiger partial charge in [-0.1, -0.05) is 5.16 Å². The van der Waals surface area contributed by atoms with E-state index in [1.165, 1.54) is 6.33 Å². The summed E-state index contributed by atoms with van der Waals surface area (Å²) in [5.74, 6) is 0.716. The van der Waals surface area contributed by atoms with E-state index >= 15 is 0 Å². The van der Waals surface area contributed by atoms with E-state index in [2.05, 4.69) is 15.1 Å². The molecule has 0 amide bonds. The molecule has 2 saturated heterocycles. The highest BCUT2D eigenvalue weighted by Gasteiger charge is 2.39. The Hall–Kier alpha value is -1.74. The summed E-state index contributed by atoms with van der Waals surface area (Å²) in [5, 5.41) is 4.33. The molecule has 0 saturated carbocycles. The van der Waals surface area contributed by atoms with Crippen LogP contribution < -0.4 is 4.90 Å². The van der Waals surface area contributed by atoms with Crippen LogP contribution in [0.15, 0.2) is 10.9 Å². The highest BCUT2D eigenvalue weighted by molar-refractivity contribution is 7.89. The minimum absolute atomic E-state index is 0.370. The molecule has 4 heterocycles. The summed E-state index contributed by atoms with van der Waals surface area (Å²) in [4.78, 5) is 10.4. The lowest BCUT2D eigenvalue weighted by molar-refractivity contribution is 0.442. The molecule has 8 nitrogen and oxygen atoms in total. The Morgan fingerprint density at radius 3 is 2.78 bits per heavy atom. The highest BCUT2D eigenvalue weighted by Crippen LogP contribution is 2.31. The summed E-state index contributed by atoms with van der Waals surface area (Å²) < 4.78 is 32.3. The fourth-order valence-corrected chi connectivity index (χ4v) is 5.42. The first kappa shape index (κ1) is 14.8. The summed E-state index contributed by atoms with van der Waals surface area (Å²) >= 11 is 0. The van der Waals surface area contributed by atoms with Gasteiger partial charge in [0.1, 0.15) is 17.5 Å². The molecule has 23 heavy (non-hydrogen) atoms. The highest BCUT2D eigenvalue weighted by atomic mass is 32.2. The molecule has 0 bridgehead atoms. The topological polar surface area (TPSA) is 92.4 Å².